The fraction of sp³-hybridized carbons (Fsp3) is 0.133. The highest BCUT2D eigenvalue weighted by atomic mass is 19.1. The number of nitro benzene ring substituents is 1. The van der Waals surface area contributed by atoms with Crippen LogP contribution in [0.15, 0.2) is 42.5 Å². The first kappa shape index (κ1) is 15.4. The molecule has 1 amide bonds. The van der Waals surface area contributed by atoms with Gasteiger partial charge < -0.3 is 10.6 Å². The molecule has 0 saturated heterocycles. The van der Waals surface area contributed by atoms with Crippen LogP contribution >= 0.6 is 0 Å². The Morgan fingerprint density at radius 1 is 1.18 bits per heavy atom. The SMILES string of the molecule is Cc1ccc(NCC(=O)Nc2ccc([N+](=O)[O-])cc2)cc1F. The Morgan fingerprint density at radius 2 is 1.82 bits per heavy atom. The Morgan fingerprint density at radius 3 is 2.41 bits per heavy atom. The molecule has 0 aliphatic rings. The largest absolute Gasteiger partial charge is 0.376 e. The van der Waals surface area contributed by atoms with Crippen LogP contribution in [0.2, 0.25) is 0 Å². The van der Waals surface area contributed by atoms with E-state index in [1.165, 1.54) is 30.3 Å². The monoisotopic (exact) mass is 303 g/mol. The summed E-state index contributed by atoms with van der Waals surface area (Å²) in [6.45, 7) is 1.61. The molecule has 2 aromatic rings. The number of aryl methyl sites for hydroxylation is 1. The van der Waals surface area contributed by atoms with Crippen LogP contribution in [-0.2, 0) is 4.79 Å². The Labute approximate surface area is 126 Å². The van der Waals surface area contributed by atoms with Gasteiger partial charge in [0.15, 0.2) is 0 Å². The zero-order valence-corrected chi connectivity index (χ0v) is 11.8. The lowest BCUT2D eigenvalue weighted by Crippen LogP contribution is -2.21. The van der Waals surface area contributed by atoms with Gasteiger partial charge in [0.1, 0.15) is 5.82 Å². The first-order valence-corrected chi connectivity index (χ1v) is 6.50. The molecule has 0 unspecified atom stereocenters. The first-order valence-electron chi connectivity index (χ1n) is 6.50. The Kier molecular flexibility index (Phi) is 4.67. The van der Waals surface area contributed by atoms with Gasteiger partial charge in [-0.15, -0.1) is 0 Å². The molecule has 0 bridgehead atoms. The zero-order valence-electron chi connectivity index (χ0n) is 11.8. The molecule has 0 aliphatic carbocycles. The van der Waals surface area contributed by atoms with E-state index in [1.54, 1.807) is 19.1 Å². The number of nitrogens with zero attached hydrogens (tertiary/aromatic N) is 1. The highest BCUT2D eigenvalue weighted by Crippen LogP contribution is 2.16. The van der Waals surface area contributed by atoms with Crippen molar-refractivity contribution < 1.29 is 14.1 Å². The fourth-order valence-electron chi connectivity index (χ4n) is 1.76. The van der Waals surface area contributed by atoms with Gasteiger partial charge in [-0.25, -0.2) is 4.39 Å². The second-order valence-electron chi connectivity index (χ2n) is 4.67. The molecule has 0 radical (unpaired) electrons. The van der Waals surface area contributed by atoms with Gasteiger partial charge in [-0.3, -0.25) is 14.9 Å². The van der Waals surface area contributed by atoms with Gasteiger partial charge in [-0.2, -0.15) is 0 Å². The predicted octanol–water partition coefficient (Wildman–Crippen LogP) is 3.09. The predicted molar refractivity (Wildman–Crippen MR) is 81.4 cm³/mol. The topological polar surface area (TPSA) is 84.3 Å². The van der Waals surface area contributed by atoms with E-state index in [0.29, 0.717) is 16.9 Å². The lowest BCUT2D eigenvalue weighted by atomic mass is 10.2. The fourth-order valence-corrected chi connectivity index (χ4v) is 1.76. The highest BCUT2D eigenvalue weighted by Gasteiger charge is 2.07. The molecule has 0 fully saturated rings. The smallest absolute Gasteiger partial charge is 0.269 e. The van der Waals surface area contributed by atoms with Crippen molar-refractivity contribution >= 4 is 23.0 Å². The van der Waals surface area contributed by atoms with Crippen LogP contribution in [0.1, 0.15) is 5.56 Å². The van der Waals surface area contributed by atoms with Gasteiger partial charge in [0.25, 0.3) is 5.69 Å². The third-order valence-corrected chi connectivity index (χ3v) is 2.99. The molecule has 114 valence electrons. The second-order valence-corrected chi connectivity index (χ2v) is 4.67. The summed E-state index contributed by atoms with van der Waals surface area (Å²) in [4.78, 5) is 21.8. The van der Waals surface area contributed by atoms with Gasteiger partial charge in [0, 0.05) is 23.5 Å². The molecule has 0 aliphatic heterocycles. The van der Waals surface area contributed by atoms with Crippen LogP contribution in [0.3, 0.4) is 0 Å². The number of hydrogen-bond acceptors (Lipinski definition) is 4. The summed E-state index contributed by atoms with van der Waals surface area (Å²) in [6, 6.07) is 10.1. The lowest BCUT2D eigenvalue weighted by Gasteiger charge is -2.08. The number of nitrogens with one attached hydrogen (secondary N) is 2. The Balaban J connectivity index is 1.89. The Hall–Kier alpha value is -2.96. The van der Waals surface area contributed by atoms with E-state index in [4.69, 9.17) is 0 Å². The summed E-state index contributed by atoms with van der Waals surface area (Å²) in [5.41, 5.74) is 1.43. The summed E-state index contributed by atoms with van der Waals surface area (Å²) >= 11 is 0. The van der Waals surface area contributed by atoms with Gasteiger partial charge in [0.05, 0.1) is 11.5 Å². The molecule has 0 saturated carbocycles. The molecule has 2 aromatic carbocycles. The van der Waals surface area contributed by atoms with Crippen molar-refractivity contribution in [1.29, 1.82) is 0 Å². The van der Waals surface area contributed by atoms with E-state index in [0.717, 1.165) is 0 Å². The maximum Gasteiger partial charge on any atom is 0.269 e. The van der Waals surface area contributed by atoms with Crippen molar-refractivity contribution in [3.8, 4) is 0 Å². The number of anilines is 2. The van der Waals surface area contributed by atoms with Crippen molar-refractivity contribution in [2.75, 3.05) is 17.2 Å². The summed E-state index contributed by atoms with van der Waals surface area (Å²) in [5.74, 6) is -0.685. The van der Waals surface area contributed by atoms with Gasteiger partial charge >= 0.3 is 0 Å². The van der Waals surface area contributed by atoms with Gasteiger partial charge in [0.2, 0.25) is 5.91 Å². The van der Waals surface area contributed by atoms with E-state index < -0.39 is 4.92 Å². The number of halogens is 1. The number of carbonyl (C=O) groups is 1. The third-order valence-electron chi connectivity index (χ3n) is 2.99. The minimum absolute atomic E-state index is 0.0422. The van der Waals surface area contributed by atoms with Gasteiger partial charge in [-0.1, -0.05) is 6.07 Å². The van der Waals surface area contributed by atoms with Crippen LogP contribution in [0, 0.1) is 22.9 Å². The molecule has 0 heterocycles. The number of rotatable bonds is 5. The van der Waals surface area contributed by atoms with E-state index in [2.05, 4.69) is 10.6 Å². The first-order chi connectivity index (χ1) is 10.5. The summed E-state index contributed by atoms with van der Waals surface area (Å²) in [6.07, 6.45) is 0. The number of amides is 1. The number of benzene rings is 2. The zero-order chi connectivity index (χ0) is 16.1. The molecular formula is C15H14FN3O3. The minimum atomic E-state index is -0.515. The summed E-state index contributed by atoms with van der Waals surface area (Å²) in [5, 5.41) is 15.9. The van der Waals surface area contributed by atoms with E-state index >= 15 is 0 Å². The second kappa shape index (κ2) is 6.66. The van der Waals surface area contributed by atoms with Crippen LogP contribution in [0.25, 0.3) is 0 Å². The number of carbonyl (C=O) groups excluding carboxylic acids is 1. The van der Waals surface area contributed by atoms with Gasteiger partial charge in [-0.05, 0) is 36.8 Å². The van der Waals surface area contributed by atoms with Crippen LogP contribution < -0.4 is 10.6 Å². The number of non-ortho nitro benzene ring substituents is 1. The van der Waals surface area contributed by atoms with Crippen LogP contribution in [-0.4, -0.2) is 17.4 Å². The number of hydrogen-bond donors (Lipinski definition) is 2. The molecule has 6 nitrogen and oxygen atoms in total. The van der Waals surface area contributed by atoms with E-state index in [1.807, 2.05) is 0 Å². The molecule has 0 atom stereocenters. The molecule has 22 heavy (non-hydrogen) atoms. The quantitative estimate of drug-likeness (QED) is 0.656. The molecular weight excluding hydrogens is 289 g/mol. The summed E-state index contributed by atoms with van der Waals surface area (Å²) in [7, 11) is 0. The standard InChI is InChI=1S/C15H14FN3O3/c1-10-2-3-12(8-14(10)16)17-9-15(20)18-11-4-6-13(7-5-11)19(21)22/h2-8,17H,9H2,1H3,(H,18,20). The number of nitro groups is 1. The van der Waals surface area contributed by atoms with E-state index in [-0.39, 0.29) is 24.0 Å². The van der Waals surface area contributed by atoms with Crippen molar-refractivity contribution in [3.05, 3.63) is 64.0 Å². The molecule has 0 spiro atoms. The third kappa shape index (κ3) is 4.02. The molecule has 7 heteroatoms. The highest BCUT2D eigenvalue weighted by molar-refractivity contribution is 5.93. The average molecular weight is 303 g/mol. The van der Waals surface area contributed by atoms with Crippen molar-refractivity contribution in [2.24, 2.45) is 0 Å². The van der Waals surface area contributed by atoms with Crippen molar-refractivity contribution in [1.82, 2.24) is 0 Å². The maximum atomic E-state index is 13.4. The van der Waals surface area contributed by atoms with Crippen LogP contribution in [0.5, 0.6) is 0 Å². The Bertz CT molecular complexity index is 702. The van der Waals surface area contributed by atoms with E-state index in [9.17, 15) is 19.3 Å². The van der Waals surface area contributed by atoms with Crippen LogP contribution in [0.4, 0.5) is 21.5 Å². The average Bonchev–Trinajstić information content (AvgIpc) is 2.49. The maximum absolute atomic E-state index is 13.4. The summed E-state index contributed by atoms with van der Waals surface area (Å²) < 4.78 is 13.4. The lowest BCUT2D eigenvalue weighted by molar-refractivity contribution is -0.384. The van der Waals surface area contributed by atoms with Crippen molar-refractivity contribution in [3.63, 3.8) is 0 Å². The molecule has 2 N–H and O–H groups in total. The molecule has 0 aromatic heterocycles. The minimum Gasteiger partial charge on any atom is -0.376 e. The normalized spacial score (nSPS) is 10.1. The molecule has 2 rings (SSSR count). The van der Waals surface area contributed by atoms with Crippen molar-refractivity contribution in [2.45, 2.75) is 6.92 Å².